The van der Waals surface area contributed by atoms with Gasteiger partial charge in [-0.15, -0.1) is 0 Å². The number of carbonyl (C=O) groups excluding carboxylic acids is 1. The summed E-state index contributed by atoms with van der Waals surface area (Å²) < 4.78 is 40.9. The van der Waals surface area contributed by atoms with Crippen LogP contribution in [0.25, 0.3) is 0 Å². The SMILES string of the molecule is CC1CC(C)CN(c2ccc(C(CC(=O)O)C(F)(F)F)cc2NC(=O)Nc2ccc(O)cc2)C1. The first kappa shape index (κ1) is 25.2. The highest BCUT2D eigenvalue weighted by molar-refractivity contribution is 6.02. The topological polar surface area (TPSA) is 102 Å². The van der Waals surface area contributed by atoms with Crippen LogP contribution in [0.2, 0.25) is 0 Å². The molecule has 3 unspecified atom stereocenters. The van der Waals surface area contributed by atoms with Gasteiger partial charge in [0.1, 0.15) is 5.75 Å². The number of anilines is 3. The van der Waals surface area contributed by atoms with E-state index >= 15 is 0 Å². The lowest BCUT2D eigenvalue weighted by Gasteiger charge is -2.37. The molecule has 1 fully saturated rings. The van der Waals surface area contributed by atoms with E-state index in [0.717, 1.165) is 6.42 Å². The summed E-state index contributed by atoms with van der Waals surface area (Å²) >= 11 is 0. The van der Waals surface area contributed by atoms with Gasteiger partial charge in [-0.1, -0.05) is 19.9 Å². The van der Waals surface area contributed by atoms with Crippen LogP contribution in [-0.2, 0) is 4.79 Å². The first-order chi connectivity index (χ1) is 15.9. The van der Waals surface area contributed by atoms with Crippen LogP contribution in [0.1, 0.15) is 38.2 Å². The summed E-state index contributed by atoms with van der Waals surface area (Å²) in [7, 11) is 0. The normalized spacial score (nSPS) is 19.4. The van der Waals surface area contributed by atoms with Crippen molar-refractivity contribution in [2.24, 2.45) is 11.8 Å². The number of aliphatic carboxylic acids is 1. The van der Waals surface area contributed by atoms with Crippen molar-refractivity contribution >= 4 is 29.1 Å². The predicted molar refractivity (Wildman–Crippen MR) is 123 cm³/mol. The molecule has 34 heavy (non-hydrogen) atoms. The van der Waals surface area contributed by atoms with E-state index in [-0.39, 0.29) is 17.0 Å². The van der Waals surface area contributed by atoms with Crippen molar-refractivity contribution in [1.29, 1.82) is 0 Å². The van der Waals surface area contributed by atoms with Gasteiger partial charge in [-0.25, -0.2) is 4.79 Å². The van der Waals surface area contributed by atoms with E-state index in [0.29, 0.717) is 36.3 Å². The summed E-state index contributed by atoms with van der Waals surface area (Å²) in [5.41, 5.74) is 0.873. The molecule has 3 rings (SSSR count). The zero-order valence-corrected chi connectivity index (χ0v) is 18.9. The fourth-order valence-electron chi connectivity index (χ4n) is 4.43. The van der Waals surface area contributed by atoms with E-state index in [4.69, 9.17) is 5.11 Å². The van der Waals surface area contributed by atoms with E-state index in [9.17, 15) is 27.9 Å². The number of benzene rings is 2. The molecule has 0 aromatic heterocycles. The number of halogens is 3. The van der Waals surface area contributed by atoms with Crippen molar-refractivity contribution in [3.63, 3.8) is 0 Å². The molecule has 4 N–H and O–H groups in total. The number of carboxylic acid groups (broad SMARTS) is 1. The van der Waals surface area contributed by atoms with Gasteiger partial charge in [-0.05, 0) is 60.2 Å². The maximum Gasteiger partial charge on any atom is 0.396 e. The molecule has 2 aromatic rings. The zero-order chi connectivity index (χ0) is 25.0. The van der Waals surface area contributed by atoms with Gasteiger partial charge in [-0.3, -0.25) is 4.79 Å². The molecule has 10 heteroatoms. The number of hydrogen-bond acceptors (Lipinski definition) is 4. The Morgan fingerprint density at radius 1 is 1.06 bits per heavy atom. The van der Waals surface area contributed by atoms with Crippen LogP contribution in [0, 0.1) is 11.8 Å². The van der Waals surface area contributed by atoms with Crippen molar-refractivity contribution in [3.05, 3.63) is 48.0 Å². The molecule has 1 aliphatic rings. The third-order valence-corrected chi connectivity index (χ3v) is 5.78. The molecule has 1 saturated heterocycles. The van der Waals surface area contributed by atoms with Gasteiger partial charge in [0.25, 0.3) is 0 Å². The van der Waals surface area contributed by atoms with E-state index in [1.165, 1.54) is 42.5 Å². The van der Waals surface area contributed by atoms with E-state index in [1.54, 1.807) is 0 Å². The molecule has 0 saturated carbocycles. The molecule has 0 spiro atoms. The number of rotatable bonds is 6. The zero-order valence-electron chi connectivity index (χ0n) is 18.9. The summed E-state index contributed by atoms with van der Waals surface area (Å²) in [6.45, 7) is 5.54. The Balaban J connectivity index is 1.95. The number of alkyl halides is 3. The highest BCUT2D eigenvalue weighted by Crippen LogP contribution is 2.41. The molecule has 0 aliphatic carbocycles. The summed E-state index contributed by atoms with van der Waals surface area (Å²) in [6, 6.07) is 9.05. The van der Waals surface area contributed by atoms with E-state index < -0.39 is 30.5 Å². The third-order valence-electron chi connectivity index (χ3n) is 5.78. The monoisotopic (exact) mass is 479 g/mol. The Bertz CT molecular complexity index is 1020. The largest absolute Gasteiger partial charge is 0.508 e. The number of hydrogen-bond donors (Lipinski definition) is 4. The lowest BCUT2D eigenvalue weighted by atomic mass is 9.90. The van der Waals surface area contributed by atoms with Gasteiger partial charge in [0.15, 0.2) is 0 Å². The lowest BCUT2D eigenvalue weighted by Crippen LogP contribution is -2.39. The van der Waals surface area contributed by atoms with Gasteiger partial charge >= 0.3 is 18.2 Å². The molecule has 3 atom stereocenters. The minimum atomic E-state index is -4.76. The molecular weight excluding hydrogens is 451 g/mol. The second-order valence-corrected chi connectivity index (χ2v) is 8.95. The first-order valence-electron chi connectivity index (χ1n) is 11.0. The average molecular weight is 479 g/mol. The van der Waals surface area contributed by atoms with Crippen LogP contribution < -0.4 is 15.5 Å². The van der Waals surface area contributed by atoms with Crippen molar-refractivity contribution in [3.8, 4) is 5.75 Å². The van der Waals surface area contributed by atoms with E-state index in [2.05, 4.69) is 24.5 Å². The van der Waals surface area contributed by atoms with Gasteiger partial charge in [0.05, 0.1) is 23.7 Å². The number of phenols is 1. The smallest absolute Gasteiger partial charge is 0.396 e. The maximum absolute atomic E-state index is 13.6. The second-order valence-electron chi connectivity index (χ2n) is 8.95. The molecule has 2 aromatic carbocycles. The van der Waals surface area contributed by atoms with Crippen LogP contribution in [0.5, 0.6) is 5.75 Å². The van der Waals surface area contributed by atoms with Crippen LogP contribution in [0.15, 0.2) is 42.5 Å². The Kier molecular flexibility index (Phi) is 7.58. The minimum Gasteiger partial charge on any atom is -0.508 e. The third kappa shape index (κ3) is 6.55. The molecular formula is C24H28F3N3O4. The van der Waals surface area contributed by atoms with Gasteiger partial charge < -0.3 is 25.7 Å². The van der Waals surface area contributed by atoms with Crippen LogP contribution in [0.3, 0.4) is 0 Å². The molecule has 1 heterocycles. The number of aromatic hydroxyl groups is 1. The van der Waals surface area contributed by atoms with E-state index in [1.807, 2.05) is 4.90 Å². The van der Waals surface area contributed by atoms with Crippen molar-refractivity contribution in [2.45, 2.75) is 38.8 Å². The van der Waals surface area contributed by atoms with Gasteiger partial charge in [-0.2, -0.15) is 13.2 Å². The molecule has 184 valence electrons. The number of urea groups is 1. The second kappa shape index (κ2) is 10.2. The lowest BCUT2D eigenvalue weighted by molar-refractivity contribution is -0.163. The Morgan fingerprint density at radius 3 is 2.24 bits per heavy atom. The quantitative estimate of drug-likeness (QED) is 0.402. The molecule has 0 radical (unpaired) electrons. The summed E-state index contributed by atoms with van der Waals surface area (Å²) in [5, 5.41) is 23.6. The van der Waals surface area contributed by atoms with Gasteiger partial charge in [0.2, 0.25) is 0 Å². The average Bonchev–Trinajstić information content (AvgIpc) is 2.72. The standard InChI is InChI=1S/C24H28F3N3O4/c1-14-9-15(2)13-30(12-14)21-8-3-16(19(11-22(32)33)24(25,26)27)10-20(21)29-23(34)28-17-4-6-18(31)7-5-17/h3-8,10,14-15,19,31H,9,11-13H2,1-2H3,(H,32,33)(H2,28,29,34). The van der Waals surface area contributed by atoms with Crippen molar-refractivity contribution < 1.29 is 33.0 Å². The summed E-state index contributed by atoms with van der Waals surface area (Å²) in [5.74, 6) is -3.04. The number of carbonyl (C=O) groups is 2. The summed E-state index contributed by atoms with van der Waals surface area (Å²) in [4.78, 5) is 25.8. The predicted octanol–water partition coefficient (Wildman–Crippen LogP) is 5.64. The summed E-state index contributed by atoms with van der Waals surface area (Å²) in [6.07, 6.45) is -4.85. The maximum atomic E-state index is 13.6. The van der Waals surface area contributed by atoms with Crippen LogP contribution in [-0.4, -0.2) is 41.5 Å². The van der Waals surface area contributed by atoms with Crippen LogP contribution in [0.4, 0.5) is 35.0 Å². The number of nitrogens with zero attached hydrogens (tertiary/aromatic N) is 1. The minimum absolute atomic E-state index is 0.0194. The highest BCUT2D eigenvalue weighted by atomic mass is 19.4. The first-order valence-corrected chi connectivity index (χ1v) is 11.0. The van der Waals surface area contributed by atoms with Crippen molar-refractivity contribution in [2.75, 3.05) is 28.6 Å². The van der Waals surface area contributed by atoms with Gasteiger partial charge in [0, 0.05) is 18.8 Å². The number of piperidine rings is 1. The van der Waals surface area contributed by atoms with Crippen LogP contribution >= 0.6 is 0 Å². The highest BCUT2D eigenvalue weighted by Gasteiger charge is 2.42. The van der Waals surface area contributed by atoms with Crippen molar-refractivity contribution in [1.82, 2.24) is 0 Å². The number of carboxylic acids is 1. The fourth-order valence-corrected chi connectivity index (χ4v) is 4.43. The fraction of sp³-hybridized carbons (Fsp3) is 0.417. The Morgan fingerprint density at radius 2 is 1.68 bits per heavy atom. The number of phenolic OH excluding ortho intramolecular Hbond substituents is 1. The Labute approximate surface area is 195 Å². The molecule has 7 nitrogen and oxygen atoms in total. The molecule has 2 amide bonds. The molecule has 0 bridgehead atoms. The molecule has 1 aliphatic heterocycles. The number of amides is 2. The Hall–Kier alpha value is -3.43. The number of nitrogens with one attached hydrogen (secondary N) is 2.